The number of methoxy groups -OCH3 is 1. The molecule has 0 saturated heterocycles. The fourth-order valence-corrected chi connectivity index (χ4v) is 0.728. The molecule has 0 aliphatic rings. The van der Waals surface area contributed by atoms with Crippen LogP contribution in [0.4, 0.5) is 11.4 Å². The molecule has 1 rings (SSSR count). The summed E-state index contributed by atoms with van der Waals surface area (Å²) in [5, 5.41) is 0. The summed E-state index contributed by atoms with van der Waals surface area (Å²) in [5.74, 6) is 0.625. The third kappa shape index (κ3) is 2.70. The number of ether oxygens (including phenoxy) is 1. The van der Waals surface area contributed by atoms with E-state index in [1.54, 1.807) is 25.3 Å². The molecule has 3 nitrogen and oxygen atoms in total. The van der Waals surface area contributed by atoms with Crippen molar-refractivity contribution in [2.45, 2.75) is 13.8 Å². The van der Waals surface area contributed by atoms with E-state index >= 15 is 0 Å². The quantitative estimate of drug-likeness (QED) is 0.629. The first-order valence-electron chi connectivity index (χ1n) is 3.93. The molecule has 0 radical (unpaired) electrons. The normalized spacial score (nSPS) is 8.25. The third-order valence-corrected chi connectivity index (χ3v) is 1.26. The number of rotatable bonds is 1. The molecular formula is C9H16N2O. The number of hydrogen-bond acceptors (Lipinski definition) is 3. The zero-order chi connectivity index (χ0) is 9.56. The second-order valence-corrected chi connectivity index (χ2v) is 2.00. The van der Waals surface area contributed by atoms with Crippen molar-refractivity contribution < 1.29 is 4.74 Å². The lowest BCUT2D eigenvalue weighted by Crippen LogP contribution is -1.93. The van der Waals surface area contributed by atoms with Crippen molar-refractivity contribution >= 4 is 11.4 Å². The van der Waals surface area contributed by atoms with Crippen LogP contribution in [-0.2, 0) is 0 Å². The van der Waals surface area contributed by atoms with Gasteiger partial charge in [-0.05, 0) is 12.1 Å². The van der Waals surface area contributed by atoms with Gasteiger partial charge < -0.3 is 16.2 Å². The van der Waals surface area contributed by atoms with Gasteiger partial charge in [0.25, 0.3) is 0 Å². The summed E-state index contributed by atoms with van der Waals surface area (Å²) in [6.45, 7) is 4.00. The van der Waals surface area contributed by atoms with Gasteiger partial charge in [-0.2, -0.15) is 0 Å². The topological polar surface area (TPSA) is 61.3 Å². The molecule has 0 fully saturated rings. The predicted octanol–water partition coefficient (Wildman–Crippen LogP) is 1.89. The molecule has 0 bridgehead atoms. The maximum absolute atomic E-state index is 5.52. The molecule has 3 heteroatoms. The van der Waals surface area contributed by atoms with E-state index in [0.29, 0.717) is 17.1 Å². The minimum Gasteiger partial charge on any atom is -0.495 e. The number of benzene rings is 1. The van der Waals surface area contributed by atoms with Crippen LogP contribution in [-0.4, -0.2) is 7.11 Å². The second kappa shape index (κ2) is 5.29. The van der Waals surface area contributed by atoms with Crippen molar-refractivity contribution in [1.82, 2.24) is 0 Å². The molecule has 68 valence electrons. The van der Waals surface area contributed by atoms with Crippen molar-refractivity contribution in [1.29, 1.82) is 0 Å². The van der Waals surface area contributed by atoms with E-state index < -0.39 is 0 Å². The molecule has 0 aliphatic heterocycles. The second-order valence-electron chi connectivity index (χ2n) is 2.00. The highest BCUT2D eigenvalue weighted by Gasteiger charge is 1.96. The highest BCUT2D eigenvalue weighted by Crippen LogP contribution is 2.22. The molecular weight excluding hydrogens is 152 g/mol. The zero-order valence-corrected chi connectivity index (χ0v) is 7.79. The van der Waals surface area contributed by atoms with Crippen LogP contribution in [0, 0.1) is 0 Å². The lowest BCUT2D eigenvalue weighted by Gasteiger charge is -2.03. The number of hydrogen-bond donors (Lipinski definition) is 2. The molecule has 12 heavy (non-hydrogen) atoms. The summed E-state index contributed by atoms with van der Waals surface area (Å²) in [4.78, 5) is 0. The highest BCUT2D eigenvalue weighted by atomic mass is 16.5. The summed E-state index contributed by atoms with van der Waals surface area (Å²) in [6.07, 6.45) is 0. The molecule has 0 heterocycles. The Kier molecular flexibility index (Phi) is 4.69. The van der Waals surface area contributed by atoms with Crippen LogP contribution < -0.4 is 16.2 Å². The van der Waals surface area contributed by atoms with Crippen molar-refractivity contribution in [2.24, 2.45) is 0 Å². The lowest BCUT2D eigenvalue weighted by atomic mass is 10.3. The number of nitrogen functional groups attached to an aromatic ring is 2. The number of nitrogens with two attached hydrogens (primary N) is 2. The van der Waals surface area contributed by atoms with Gasteiger partial charge in [0, 0.05) is 11.8 Å². The molecule has 0 saturated carbocycles. The molecule has 0 aromatic heterocycles. The van der Waals surface area contributed by atoms with Crippen molar-refractivity contribution in [3.63, 3.8) is 0 Å². The van der Waals surface area contributed by atoms with Gasteiger partial charge in [-0.15, -0.1) is 0 Å². The Hall–Kier alpha value is -1.38. The highest BCUT2D eigenvalue weighted by molar-refractivity contribution is 5.59. The van der Waals surface area contributed by atoms with Crippen molar-refractivity contribution in [3.8, 4) is 5.75 Å². The molecule has 0 aliphatic carbocycles. The van der Waals surface area contributed by atoms with Crippen molar-refractivity contribution in [2.75, 3.05) is 18.6 Å². The summed E-state index contributed by atoms with van der Waals surface area (Å²) in [6, 6.07) is 5.14. The van der Waals surface area contributed by atoms with Gasteiger partial charge in [0.2, 0.25) is 0 Å². The summed E-state index contributed by atoms with van der Waals surface area (Å²) in [7, 11) is 1.56. The molecule has 1 aromatic carbocycles. The monoisotopic (exact) mass is 168 g/mol. The van der Waals surface area contributed by atoms with Crippen LogP contribution >= 0.6 is 0 Å². The molecule has 1 aromatic rings. The van der Waals surface area contributed by atoms with E-state index in [4.69, 9.17) is 16.2 Å². The minimum atomic E-state index is 0.608. The predicted molar refractivity (Wildman–Crippen MR) is 53.2 cm³/mol. The first-order chi connectivity index (χ1) is 5.74. The maximum Gasteiger partial charge on any atom is 0.143 e. The van der Waals surface area contributed by atoms with Crippen LogP contribution in [0.15, 0.2) is 18.2 Å². The first kappa shape index (κ1) is 10.6. The lowest BCUT2D eigenvalue weighted by molar-refractivity contribution is 0.417. The van der Waals surface area contributed by atoms with Gasteiger partial charge in [0.05, 0.1) is 12.8 Å². The SMILES string of the molecule is CC.COc1cc(N)ccc1N. The van der Waals surface area contributed by atoms with E-state index in [0.717, 1.165) is 0 Å². The van der Waals surface area contributed by atoms with Gasteiger partial charge in [0.15, 0.2) is 0 Å². The van der Waals surface area contributed by atoms with E-state index in [9.17, 15) is 0 Å². The van der Waals surface area contributed by atoms with Gasteiger partial charge in [-0.25, -0.2) is 0 Å². The minimum absolute atomic E-state index is 0.608. The Morgan fingerprint density at radius 3 is 2.17 bits per heavy atom. The molecule has 0 spiro atoms. The zero-order valence-electron chi connectivity index (χ0n) is 7.79. The Morgan fingerprint density at radius 2 is 1.75 bits per heavy atom. The summed E-state index contributed by atoms with van der Waals surface area (Å²) >= 11 is 0. The van der Waals surface area contributed by atoms with Crippen LogP contribution in [0.1, 0.15) is 13.8 Å². The van der Waals surface area contributed by atoms with Gasteiger partial charge >= 0.3 is 0 Å². The molecule has 0 amide bonds. The van der Waals surface area contributed by atoms with Crippen LogP contribution in [0.5, 0.6) is 5.75 Å². The Labute approximate surface area is 73.3 Å². The maximum atomic E-state index is 5.52. The average Bonchev–Trinajstić information content (AvgIpc) is 2.13. The summed E-state index contributed by atoms with van der Waals surface area (Å²) in [5.41, 5.74) is 12.3. The Bertz CT molecular complexity index is 236. The fourth-order valence-electron chi connectivity index (χ4n) is 0.728. The van der Waals surface area contributed by atoms with Crippen LogP contribution in [0.2, 0.25) is 0 Å². The molecule has 4 N–H and O–H groups in total. The average molecular weight is 168 g/mol. The molecule has 0 atom stereocenters. The van der Waals surface area contributed by atoms with Crippen LogP contribution in [0.25, 0.3) is 0 Å². The molecule has 0 unspecified atom stereocenters. The van der Waals surface area contributed by atoms with Gasteiger partial charge in [-0.3, -0.25) is 0 Å². The fraction of sp³-hybridized carbons (Fsp3) is 0.333. The van der Waals surface area contributed by atoms with Gasteiger partial charge in [0.1, 0.15) is 5.75 Å². The van der Waals surface area contributed by atoms with E-state index in [-0.39, 0.29) is 0 Å². The largest absolute Gasteiger partial charge is 0.495 e. The smallest absolute Gasteiger partial charge is 0.143 e. The third-order valence-electron chi connectivity index (χ3n) is 1.26. The van der Waals surface area contributed by atoms with Crippen molar-refractivity contribution in [3.05, 3.63) is 18.2 Å². The van der Waals surface area contributed by atoms with Gasteiger partial charge in [-0.1, -0.05) is 13.8 Å². The Morgan fingerprint density at radius 1 is 1.17 bits per heavy atom. The summed E-state index contributed by atoms with van der Waals surface area (Å²) < 4.78 is 4.92. The van der Waals surface area contributed by atoms with E-state index in [1.165, 1.54) is 0 Å². The Balaban J connectivity index is 0.000000561. The number of anilines is 2. The van der Waals surface area contributed by atoms with E-state index in [2.05, 4.69) is 0 Å². The first-order valence-corrected chi connectivity index (χ1v) is 3.93. The standard InChI is InChI=1S/C7H10N2O.C2H6/c1-10-7-4-5(8)2-3-6(7)9;1-2/h2-4H,8-9H2,1H3;1-2H3. The van der Waals surface area contributed by atoms with Crippen LogP contribution in [0.3, 0.4) is 0 Å². The van der Waals surface area contributed by atoms with E-state index in [1.807, 2.05) is 13.8 Å².